The Kier molecular flexibility index (Phi) is 6.12. The van der Waals surface area contributed by atoms with Crippen molar-refractivity contribution in [3.8, 4) is 11.5 Å². The summed E-state index contributed by atoms with van der Waals surface area (Å²) in [5.74, 6) is -3.26. The molecule has 0 bridgehead atoms. The van der Waals surface area contributed by atoms with Gasteiger partial charge in [0.1, 0.15) is 11.5 Å². The lowest BCUT2D eigenvalue weighted by molar-refractivity contribution is -0.537. The molecule has 1 fully saturated rings. The second kappa shape index (κ2) is 8.98. The molecule has 0 aliphatic heterocycles. The van der Waals surface area contributed by atoms with Crippen LogP contribution in [0.25, 0.3) is 0 Å². The molecule has 4 atom stereocenters. The van der Waals surface area contributed by atoms with Crippen LogP contribution in [0.5, 0.6) is 11.5 Å². The van der Waals surface area contributed by atoms with E-state index in [4.69, 9.17) is 9.47 Å². The van der Waals surface area contributed by atoms with Crippen LogP contribution < -0.4 is 4.74 Å². The minimum atomic E-state index is -1.15. The summed E-state index contributed by atoms with van der Waals surface area (Å²) in [7, 11) is 0. The first-order valence-electron chi connectivity index (χ1n) is 10.7. The highest BCUT2D eigenvalue weighted by molar-refractivity contribution is 5.91. The highest BCUT2D eigenvalue weighted by atomic mass is 19.1. The molecule has 0 unspecified atom stereocenters. The molecule has 2 aromatic rings. The summed E-state index contributed by atoms with van der Waals surface area (Å²) >= 11 is 0. The van der Waals surface area contributed by atoms with Gasteiger partial charge >= 0.3 is 5.97 Å². The number of hydrogen-bond donors (Lipinski definition) is 1. The van der Waals surface area contributed by atoms with Gasteiger partial charge in [0, 0.05) is 16.8 Å². The van der Waals surface area contributed by atoms with Crippen molar-refractivity contribution in [3.05, 3.63) is 81.4 Å². The maximum atomic E-state index is 14.5. The number of hydrogen-bond acceptors (Lipinski definition) is 6. The Morgan fingerprint density at radius 2 is 1.97 bits per heavy atom. The van der Waals surface area contributed by atoms with E-state index in [9.17, 15) is 24.4 Å². The van der Waals surface area contributed by atoms with Crippen molar-refractivity contribution in [2.24, 2.45) is 11.8 Å². The van der Waals surface area contributed by atoms with Gasteiger partial charge in [-0.1, -0.05) is 30.7 Å². The number of ether oxygens (including phenoxy) is 2. The van der Waals surface area contributed by atoms with E-state index in [0.717, 1.165) is 12.5 Å². The summed E-state index contributed by atoms with van der Waals surface area (Å²) in [5.41, 5.74) is 0.202. The number of rotatable bonds is 6. The lowest BCUT2D eigenvalue weighted by Crippen LogP contribution is -2.44. The monoisotopic (exact) mass is 441 g/mol. The van der Waals surface area contributed by atoms with Crippen LogP contribution in [0.3, 0.4) is 0 Å². The zero-order valence-corrected chi connectivity index (χ0v) is 17.6. The number of para-hydroxylation sites is 1. The largest absolute Gasteiger partial charge is 0.511 e. The summed E-state index contributed by atoms with van der Waals surface area (Å²) in [6, 6.07) is 11.4. The molecule has 2 aromatic carbocycles. The summed E-state index contributed by atoms with van der Waals surface area (Å²) in [6.07, 6.45) is 1.86. The number of fused-ring (bicyclic) bond motifs is 1. The minimum Gasteiger partial charge on any atom is -0.511 e. The molecule has 8 heteroatoms. The standard InChI is InChI=1S/C24H24FNO6/c1-2-31-24(28)21-20(22(26(29)30)16-9-6-10-17(16)23(21)27)14-11-12-18(25)19(13-14)32-15-7-4-3-5-8-15/h3-5,7-8,11-13,16-17,20,22,27H,2,6,9-10H2,1H3/t16-,17+,20-,22+/m1/s1. The Bertz CT molecular complexity index is 1050. The van der Waals surface area contributed by atoms with Gasteiger partial charge in [-0.15, -0.1) is 0 Å². The zero-order valence-electron chi connectivity index (χ0n) is 17.6. The minimum absolute atomic E-state index is 0.0609. The van der Waals surface area contributed by atoms with Gasteiger partial charge in [0.2, 0.25) is 6.04 Å². The number of nitrogens with zero attached hydrogens (tertiary/aromatic N) is 1. The van der Waals surface area contributed by atoms with Crippen molar-refractivity contribution in [2.75, 3.05) is 6.61 Å². The number of esters is 1. The molecular formula is C24H24FNO6. The number of nitro groups is 1. The van der Waals surface area contributed by atoms with Crippen LogP contribution in [-0.4, -0.2) is 28.6 Å². The lowest BCUT2D eigenvalue weighted by Gasteiger charge is -2.35. The van der Waals surface area contributed by atoms with Crippen LogP contribution in [0.1, 0.15) is 37.7 Å². The molecule has 0 heterocycles. The van der Waals surface area contributed by atoms with Gasteiger partial charge in [0.05, 0.1) is 18.1 Å². The maximum absolute atomic E-state index is 14.5. The van der Waals surface area contributed by atoms with Crippen molar-refractivity contribution in [1.82, 2.24) is 0 Å². The summed E-state index contributed by atoms with van der Waals surface area (Å²) in [4.78, 5) is 24.6. The lowest BCUT2D eigenvalue weighted by atomic mass is 9.69. The van der Waals surface area contributed by atoms with Crippen LogP contribution in [-0.2, 0) is 9.53 Å². The summed E-state index contributed by atoms with van der Waals surface area (Å²) < 4.78 is 25.3. The first-order chi connectivity index (χ1) is 15.4. The molecule has 1 saturated carbocycles. The Morgan fingerprint density at radius 3 is 2.66 bits per heavy atom. The number of aliphatic hydroxyl groups excluding tert-OH is 1. The van der Waals surface area contributed by atoms with Gasteiger partial charge in [-0.3, -0.25) is 10.1 Å². The van der Waals surface area contributed by atoms with Gasteiger partial charge < -0.3 is 14.6 Å². The van der Waals surface area contributed by atoms with E-state index in [-0.39, 0.29) is 28.6 Å². The van der Waals surface area contributed by atoms with Crippen LogP contribution in [0.4, 0.5) is 4.39 Å². The Morgan fingerprint density at radius 1 is 1.22 bits per heavy atom. The van der Waals surface area contributed by atoms with Crippen molar-refractivity contribution >= 4 is 5.97 Å². The van der Waals surface area contributed by atoms with Crippen molar-refractivity contribution in [1.29, 1.82) is 0 Å². The third kappa shape index (κ3) is 3.92. The van der Waals surface area contributed by atoms with Gasteiger partial charge in [0.15, 0.2) is 11.6 Å². The molecule has 168 valence electrons. The molecule has 32 heavy (non-hydrogen) atoms. The number of allylic oxidation sites excluding steroid dienone is 1. The van der Waals surface area contributed by atoms with Crippen LogP contribution >= 0.6 is 0 Å². The molecule has 7 nitrogen and oxygen atoms in total. The molecule has 0 aromatic heterocycles. The average molecular weight is 441 g/mol. The highest BCUT2D eigenvalue weighted by Gasteiger charge is 2.55. The number of carbonyl (C=O) groups excluding carboxylic acids is 1. The van der Waals surface area contributed by atoms with Gasteiger partial charge in [-0.2, -0.15) is 0 Å². The number of aliphatic hydroxyl groups is 1. The SMILES string of the molecule is CCOC(=O)C1=C(O)[C@H]2CCC[C@H]2[C@H]([N+](=O)[O-])[C@@H]1c1ccc(F)c(Oc2ccccc2)c1. The molecule has 0 amide bonds. The zero-order chi connectivity index (χ0) is 22.8. The van der Waals surface area contributed by atoms with E-state index in [1.165, 1.54) is 12.1 Å². The van der Waals surface area contributed by atoms with E-state index >= 15 is 0 Å². The fraction of sp³-hybridized carbons (Fsp3) is 0.375. The third-order valence-corrected chi connectivity index (χ3v) is 6.31. The smallest absolute Gasteiger partial charge is 0.338 e. The molecule has 0 radical (unpaired) electrons. The highest BCUT2D eigenvalue weighted by Crippen LogP contribution is 2.51. The van der Waals surface area contributed by atoms with Crippen molar-refractivity contribution in [3.63, 3.8) is 0 Å². The molecular weight excluding hydrogens is 417 g/mol. The van der Waals surface area contributed by atoms with Gasteiger partial charge in [-0.05, 0) is 49.6 Å². The van der Waals surface area contributed by atoms with E-state index in [1.54, 1.807) is 37.3 Å². The number of halogens is 1. The van der Waals surface area contributed by atoms with Crippen molar-refractivity contribution < 1.29 is 28.7 Å². The van der Waals surface area contributed by atoms with E-state index in [0.29, 0.717) is 24.2 Å². The van der Waals surface area contributed by atoms with Gasteiger partial charge in [-0.25, -0.2) is 9.18 Å². The predicted octanol–water partition coefficient (Wildman–Crippen LogP) is 5.15. The molecule has 1 N–H and O–H groups in total. The fourth-order valence-corrected chi connectivity index (χ4v) is 5.00. The average Bonchev–Trinajstić information content (AvgIpc) is 3.26. The first-order valence-corrected chi connectivity index (χ1v) is 10.7. The first kappa shape index (κ1) is 21.8. The maximum Gasteiger partial charge on any atom is 0.338 e. The second-order valence-corrected chi connectivity index (χ2v) is 8.08. The quantitative estimate of drug-likeness (QED) is 0.378. The Labute approximate surface area is 184 Å². The van der Waals surface area contributed by atoms with Crippen LogP contribution in [0, 0.1) is 27.8 Å². The third-order valence-electron chi connectivity index (χ3n) is 6.31. The molecule has 4 rings (SSSR count). The van der Waals surface area contributed by atoms with E-state index in [2.05, 4.69) is 0 Å². The Balaban J connectivity index is 1.83. The van der Waals surface area contributed by atoms with Gasteiger partial charge in [0.25, 0.3) is 0 Å². The molecule has 2 aliphatic rings. The summed E-state index contributed by atoms with van der Waals surface area (Å²) in [6.45, 7) is 1.69. The van der Waals surface area contributed by atoms with Crippen LogP contribution in [0.15, 0.2) is 59.9 Å². The van der Waals surface area contributed by atoms with E-state index < -0.39 is 35.6 Å². The predicted molar refractivity (Wildman–Crippen MR) is 114 cm³/mol. The second-order valence-electron chi connectivity index (χ2n) is 8.08. The molecule has 2 aliphatic carbocycles. The summed E-state index contributed by atoms with van der Waals surface area (Å²) in [5, 5.41) is 23.2. The topological polar surface area (TPSA) is 98.9 Å². The Hall–Kier alpha value is -3.42. The molecule has 0 spiro atoms. The normalized spacial score (nSPS) is 24.7. The van der Waals surface area contributed by atoms with E-state index in [1.807, 2.05) is 0 Å². The fourth-order valence-electron chi connectivity index (χ4n) is 5.00. The molecule has 0 saturated heterocycles. The van der Waals surface area contributed by atoms with Crippen molar-refractivity contribution in [2.45, 2.75) is 38.1 Å². The number of carbonyl (C=O) groups is 1. The number of benzene rings is 2. The van der Waals surface area contributed by atoms with Crippen LogP contribution in [0.2, 0.25) is 0 Å².